The highest BCUT2D eigenvalue weighted by atomic mass is 16.5. The van der Waals surface area contributed by atoms with Gasteiger partial charge in [-0.1, -0.05) is 148 Å². The van der Waals surface area contributed by atoms with Gasteiger partial charge in [-0.05, 0) is 66.9 Å². The van der Waals surface area contributed by atoms with Crippen LogP contribution in [0.25, 0.3) is 0 Å². The average molecular weight is 729 g/mol. The monoisotopic (exact) mass is 728 g/mol. The Morgan fingerprint density at radius 3 is 1.68 bits per heavy atom. The molecular formula is C45H64N2O6. The third-order valence-corrected chi connectivity index (χ3v) is 9.28. The molecule has 0 atom stereocenters. The zero-order valence-electron chi connectivity index (χ0n) is 32.4. The van der Waals surface area contributed by atoms with Crippen molar-refractivity contribution >= 4 is 18.1 Å². The summed E-state index contributed by atoms with van der Waals surface area (Å²) in [7, 11) is 0. The topological polar surface area (TPSA) is 106 Å². The predicted octanol–water partition coefficient (Wildman–Crippen LogP) is 12.0. The first kappa shape index (κ1) is 43.1. The minimum atomic E-state index is -0.491. The highest BCUT2D eigenvalue weighted by Gasteiger charge is 2.17. The molecule has 0 bridgehead atoms. The molecule has 0 aliphatic rings. The molecule has 0 saturated heterocycles. The number of phenols is 1. The van der Waals surface area contributed by atoms with Crippen molar-refractivity contribution in [3.8, 4) is 23.0 Å². The number of benzene rings is 3. The van der Waals surface area contributed by atoms with Gasteiger partial charge < -0.3 is 19.3 Å². The number of amides is 1. The van der Waals surface area contributed by atoms with Gasteiger partial charge in [-0.15, -0.1) is 0 Å². The minimum Gasteiger partial charge on any atom is -0.504 e. The molecule has 0 heterocycles. The fourth-order valence-corrected chi connectivity index (χ4v) is 6.10. The molecule has 0 aliphatic carbocycles. The summed E-state index contributed by atoms with van der Waals surface area (Å²) in [6.45, 7) is 5.44. The first-order chi connectivity index (χ1) is 26.0. The molecule has 2 N–H and O–H groups in total. The highest BCUT2D eigenvalue weighted by Crippen LogP contribution is 2.38. The number of aromatic hydroxyl groups is 1. The number of unbranched alkanes of at least 4 members (excludes halogenated alkanes) is 18. The van der Waals surface area contributed by atoms with E-state index in [2.05, 4.69) is 24.4 Å². The number of carbonyl (C=O) groups excluding carboxylic acids is 2. The lowest BCUT2D eigenvalue weighted by Crippen LogP contribution is -2.18. The van der Waals surface area contributed by atoms with Crippen LogP contribution >= 0.6 is 0 Å². The van der Waals surface area contributed by atoms with Gasteiger partial charge in [-0.2, -0.15) is 5.10 Å². The average Bonchev–Trinajstić information content (AvgIpc) is 3.17. The summed E-state index contributed by atoms with van der Waals surface area (Å²) in [5.74, 6) is -0.0211. The number of esters is 1. The molecule has 3 aromatic rings. The van der Waals surface area contributed by atoms with E-state index in [0.29, 0.717) is 35.8 Å². The van der Waals surface area contributed by atoms with Crippen molar-refractivity contribution in [3.05, 3.63) is 83.4 Å². The molecule has 0 radical (unpaired) electrons. The maximum atomic E-state index is 13.1. The molecule has 3 rings (SSSR count). The fourth-order valence-electron chi connectivity index (χ4n) is 6.10. The quantitative estimate of drug-likeness (QED) is 0.0242. The molecule has 1 amide bonds. The molecule has 0 saturated carbocycles. The molecule has 0 spiro atoms. The minimum absolute atomic E-state index is 0.132. The number of nitrogens with one attached hydrogen (secondary N) is 1. The lowest BCUT2D eigenvalue weighted by Gasteiger charge is -2.16. The van der Waals surface area contributed by atoms with Crippen LogP contribution in [0.1, 0.15) is 169 Å². The number of carbonyl (C=O) groups is 2. The maximum Gasteiger partial charge on any atom is 0.343 e. The van der Waals surface area contributed by atoms with Gasteiger partial charge in [-0.25, -0.2) is 10.2 Å². The number of hydrogen-bond donors (Lipinski definition) is 2. The molecule has 0 aromatic heterocycles. The predicted molar refractivity (Wildman–Crippen MR) is 216 cm³/mol. The van der Waals surface area contributed by atoms with Crippen molar-refractivity contribution in [1.82, 2.24) is 5.43 Å². The molecule has 0 unspecified atom stereocenters. The third kappa shape index (κ3) is 18.3. The van der Waals surface area contributed by atoms with Gasteiger partial charge in [0.15, 0.2) is 11.5 Å². The zero-order chi connectivity index (χ0) is 37.8. The third-order valence-electron chi connectivity index (χ3n) is 9.28. The van der Waals surface area contributed by atoms with E-state index < -0.39 is 11.9 Å². The Kier molecular flexibility index (Phi) is 22.2. The van der Waals surface area contributed by atoms with E-state index in [1.807, 2.05) is 6.07 Å². The molecule has 53 heavy (non-hydrogen) atoms. The number of nitrogens with zero attached hydrogens (tertiary/aromatic N) is 1. The Labute approximate surface area is 318 Å². The fraction of sp³-hybridized carbons (Fsp3) is 0.533. The number of hydrogen-bond acceptors (Lipinski definition) is 7. The summed E-state index contributed by atoms with van der Waals surface area (Å²) in [6, 6.07) is 18.6. The van der Waals surface area contributed by atoms with Crippen LogP contribution < -0.4 is 19.6 Å². The smallest absolute Gasteiger partial charge is 0.343 e. The molecule has 3 aromatic carbocycles. The van der Waals surface area contributed by atoms with E-state index in [1.54, 1.807) is 54.6 Å². The number of phenolic OH excluding ortho intramolecular Hbond substituents is 1. The molecule has 8 nitrogen and oxygen atoms in total. The van der Waals surface area contributed by atoms with Crippen LogP contribution in [0.4, 0.5) is 0 Å². The first-order valence-electron chi connectivity index (χ1n) is 20.3. The summed E-state index contributed by atoms with van der Waals surface area (Å²) >= 11 is 0. The van der Waals surface area contributed by atoms with Crippen LogP contribution in [0.15, 0.2) is 71.8 Å². The molecular weight excluding hydrogens is 665 g/mol. The van der Waals surface area contributed by atoms with E-state index in [4.69, 9.17) is 14.2 Å². The Hall–Kier alpha value is -4.33. The van der Waals surface area contributed by atoms with Crippen LogP contribution in [-0.2, 0) is 0 Å². The SMILES string of the molecule is CCCCCCCCCCCCOc1cc(C(=O)N/N=C/c2ccc(OC(=O)c3ccccc3)cc2)cc(O)c1OCCCCCCCCCCCC. The zero-order valence-corrected chi connectivity index (χ0v) is 32.4. The van der Waals surface area contributed by atoms with E-state index in [-0.39, 0.29) is 17.1 Å². The summed E-state index contributed by atoms with van der Waals surface area (Å²) in [6.07, 6.45) is 26.0. The van der Waals surface area contributed by atoms with E-state index in [9.17, 15) is 14.7 Å². The van der Waals surface area contributed by atoms with Gasteiger partial charge in [0, 0.05) is 5.56 Å². The first-order valence-corrected chi connectivity index (χ1v) is 20.3. The summed E-state index contributed by atoms with van der Waals surface area (Å²) in [5, 5.41) is 15.1. The van der Waals surface area contributed by atoms with Gasteiger partial charge >= 0.3 is 5.97 Å². The van der Waals surface area contributed by atoms with Crippen molar-refractivity contribution in [2.24, 2.45) is 5.10 Å². The van der Waals surface area contributed by atoms with Crippen molar-refractivity contribution in [2.45, 2.75) is 142 Å². The highest BCUT2D eigenvalue weighted by molar-refractivity contribution is 5.96. The van der Waals surface area contributed by atoms with Crippen LogP contribution in [0.5, 0.6) is 23.0 Å². The lowest BCUT2D eigenvalue weighted by atomic mass is 10.1. The molecule has 290 valence electrons. The Morgan fingerprint density at radius 2 is 1.13 bits per heavy atom. The van der Waals surface area contributed by atoms with Gasteiger partial charge in [0.1, 0.15) is 5.75 Å². The van der Waals surface area contributed by atoms with Crippen molar-refractivity contribution in [1.29, 1.82) is 0 Å². The van der Waals surface area contributed by atoms with Crippen LogP contribution in [0.2, 0.25) is 0 Å². The molecule has 8 heteroatoms. The number of rotatable bonds is 29. The van der Waals surface area contributed by atoms with E-state index in [1.165, 1.54) is 115 Å². The summed E-state index contributed by atoms with van der Waals surface area (Å²) < 4.78 is 17.6. The van der Waals surface area contributed by atoms with Crippen LogP contribution in [0.3, 0.4) is 0 Å². The lowest BCUT2D eigenvalue weighted by molar-refractivity contribution is 0.0734. The van der Waals surface area contributed by atoms with Gasteiger partial charge in [0.25, 0.3) is 5.91 Å². The molecule has 0 fully saturated rings. The summed E-state index contributed by atoms with van der Waals surface area (Å²) in [4.78, 5) is 25.4. The normalized spacial score (nSPS) is 11.1. The Bertz CT molecular complexity index is 1460. The number of hydrazone groups is 1. The van der Waals surface area contributed by atoms with Crippen molar-refractivity contribution < 1.29 is 28.9 Å². The van der Waals surface area contributed by atoms with Gasteiger partial charge in [-0.3, -0.25) is 4.79 Å². The van der Waals surface area contributed by atoms with Gasteiger partial charge in [0.05, 0.1) is 25.0 Å². The Balaban J connectivity index is 1.51. The van der Waals surface area contributed by atoms with Crippen molar-refractivity contribution in [2.75, 3.05) is 13.2 Å². The summed E-state index contributed by atoms with van der Waals surface area (Å²) in [5.41, 5.74) is 3.91. The van der Waals surface area contributed by atoms with E-state index in [0.717, 1.165) is 25.7 Å². The maximum absolute atomic E-state index is 13.1. The molecule has 0 aliphatic heterocycles. The standard InChI is InChI=1S/C45H64N2O6/c1-3-5-7-9-11-13-15-17-19-24-32-51-42-35-39(34-41(48)43(42)52-33-25-20-18-16-14-12-10-8-6-4-2)44(49)47-46-36-37-28-30-40(31-29-37)53-45(50)38-26-22-21-23-27-38/h21-23,26-31,34-36,48H,3-20,24-25,32-33H2,1-2H3,(H,47,49)/b46-36+. The number of ether oxygens (including phenoxy) is 3. The second kappa shape index (κ2) is 27.3. The second-order valence-corrected chi connectivity index (χ2v) is 13.9. The second-order valence-electron chi connectivity index (χ2n) is 13.9. The van der Waals surface area contributed by atoms with E-state index >= 15 is 0 Å². The van der Waals surface area contributed by atoms with Crippen LogP contribution in [0, 0.1) is 0 Å². The van der Waals surface area contributed by atoms with Gasteiger partial charge in [0.2, 0.25) is 5.75 Å². The Morgan fingerprint density at radius 1 is 0.623 bits per heavy atom. The van der Waals surface area contributed by atoms with Crippen LogP contribution in [-0.4, -0.2) is 36.4 Å². The van der Waals surface area contributed by atoms with Crippen molar-refractivity contribution in [3.63, 3.8) is 0 Å². The largest absolute Gasteiger partial charge is 0.504 e.